The first-order valence-corrected chi connectivity index (χ1v) is 8.10. The standard InChI is InChI=1S/C16H27NO3/c1-17(12-8-4-2-3-5-9-12)15(18)13-10-6-7-11-14(13)16(19)20/h12-14H,2-11H2,1H3,(H,19,20)/t13-,14+/m1/s1. The molecule has 0 unspecified atom stereocenters. The third-order valence-electron chi connectivity index (χ3n) is 5.12. The molecule has 1 amide bonds. The van der Waals surface area contributed by atoms with Crippen molar-refractivity contribution in [1.29, 1.82) is 0 Å². The summed E-state index contributed by atoms with van der Waals surface area (Å²) in [7, 11) is 1.88. The van der Waals surface area contributed by atoms with Crippen LogP contribution < -0.4 is 0 Å². The highest BCUT2D eigenvalue weighted by Gasteiger charge is 2.38. The van der Waals surface area contributed by atoms with Crippen LogP contribution in [0.1, 0.15) is 64.2 Å². The Morgan fingerprint density at radius 1 is 0.850 bits per heavy atom. The van der Waals surface area contributed by atoms with Crippen LogP contribution in [0.2, 0.25) is 0 Å². The van der Waals surface area contributed by atoms with Gasteiger partial charge >= 0.3 is 5.97 Å². The normalized spacial score (nSPS) is 28.6. The lowest BCUT2D eigenvalue weighted by Gasteiger charge is -2.34. The van der Waals surface area contributed by atoms with Crippen molar-refractivity contribution in [1.82, 2.24) is 4.90 Å². The molecule has 4 heteroatoms. The van der Waals surface area contributed by atoms with Crippen molar-refractivity contribution in [2.45, 2.75) is 70.3 Å². The number of rotatable bonds is 3. The zero-order valence-electron chi connectivity index (χ0n) is 12.5. The Hall–Kier alpha value is -1.06. The van der Waals surface area contributed by atoms with Crippen molar-refractivity contribution in [3.05, 3.63) is 0 Å². The second kappa shape index (κ2) is 7.09. The van der Waals surface area contributed by atoms with Crippen LogP contribution >= 0.6 is 0 Å². The van der Waals surface area contributed by atoms with E-state index in [9.17, 15) is 14.7 Å². The number of carbonyl (C=O) groups is 2. The third kappa shape index (κ3) is 3.53. The van der Waals surface area contributed by atoms with Crippen LogP contribution in [-0.4, -0.2) is 35.0 Å². The lowest BCUT2D eigenvalue weighted by atomic mass is 9.78. The molecule has 20 heavy (non-hydrogen) atoms. The molecule has 1 N–H and O–H groups in total. The second-order valence-corrected chi connectivity index (χ2v) is 6.43. The number of amides is 1. The Balaban J connectivity index is 2.01. The zero-order chi connectivity index (χ0) is 14.5. The summed E-state index contributed by atoms with van der Waals surface area (Å²) >= 11 is 0. The largest absolute Gasteiger partial charge is 0.481 e. The van der Waals surface area contributed by atoms with E-state index in [1.165, 1.54) is 25.7 Å². The van der Waals surface area contributed by atoms with Gasteiger partial charge in [-0.25, -0.2) is 0 Å². The smallest absolute Gasteiger partial charge is 0.307 e. The molecule has 2 atom stereocenters. The van der Waals surface area contributed by atoms with Gasteiger partial charge in [-0.2, -0.15) is 0 Å². The molecule has 0 radical (unpaired) electrons. The lowest BCUT2D eigenvalue weighted by molar-refractivity contribution is -0.152. The van der Waals surface area contributed by atoms with Crippen molar-refractivity contribution < 1.29 is 14.7 Å². The average molecular weight is 281 g/mol. The van der Waals surface area contributed by atoms with E-state index in [2.05, 4.69) is 0 Å². The third-order valence-corrected chi connectivity index (χ3v) is 5.12. The predicted molar refractivity (Wildman–Crippen MR) is 77.3 cm³/mol. The Kier molecular flexibility index (Phi) is 5.44. The van der Waals surface area contributed by atoms with Crippen molar-refractivity contribution >= 4 is 11.9 Å². The first kappa shape index (κ1) is 15.3. The number of aliphatic carboxylic acids is 1. The molecule has 0 bridgehead atoms. The van der Waals surface area contributed by atoms with E-state index in [0.717, 1.165) is 32.1 Å². The highest BCUT2D eigenvalue weighted by atomic mass is 16.4. The summed E-state index contributed by atoms with van der Waals surface area (Å²) < 4.78 is 0. The summed E-state index contributed by atoms with van der Waals surface area (Å²) in [5.41, 5.74) is 0. The Morgan fingerprint density at radius 2 is 1.35 bits per heavy atom. The fourth-order valence-electron chi connectivity index (χ4n) is 3.81. The van der Waals surface area contributed by atoms with E-state index >= 15 is 0 Å². The van der Waals surface area contributed by atoms with Gasteiger partial charge in [-0.05, 0) is 25.7 Å². The van der Waals surface area contributed by atoms with Gasteiger partial charge in [0.05, 0.1) is 11.8 Å². The van der Waals surface area contributed by atoms with Gasteiger partial charge in [0, 0.05) is 13.1 Å². The van der Waals surface area contributed by atoms with E-state index in [0.29, 0.717) is 12.5 Å². The van der Waals surface area contributed by atoms with Crippen LogP contribution in [0.25, 0.3) is 0 Å². The van der Waals surface area contributed by atoms with Crippen molar-refractivity contribution in [2.75, 3.05) is 7.05 Å². The molecule has 0 aromatic carbocycles. The molecule has 0 saturated heterocycles. The summed E-state index contributed by atoms with van der Waals surface area (Å²) in [5.74, 6) is -1.49. The zero-order valence-corrected chi connectivity index (χ0v) is 12.5. The van der Waals surface area contributed by atoms with Crippen molar-refractivity contribution in [2.24, 2.45) is 11.8 Å². The first-order chi connectivity index (χ1) is 9.61. The van der Waals surface area contributed by atoms with Gasteiger partial charge in [-0.3, -0.25) is 9.59 Å². The second-order valence-electron chi connectivity index (χ2n) is 6.43. The number of carboxylic acids is 1. The number of hydrogen-bond acceptors (Lipinski definition) is 2. The van der Waals surface area contributed by atoms with Crippen LogP contribution in [0.4, 0.5) is 0 Å². The van der Waals surface area contributed by atoms with E-state index < -0.39 is 11.9 Å². The average Bonchev–Trinajstić information content (AvgIpc) is 2.74. The van der Waals surface area contributed by atoms with Gasteiger partial charge in [0.1, 0.15) is 0 Å². The summed E-state index contributed by atoms with van der Waals surface area (Å²) in [5, 5.41) is 9.32. The molecule has 114 valence electrons. The van der Waals surface area contributed by atoms with E-state index in [1.807, 2.05) is 11.9 Å². The van der Waals surface area contributed by atoms with Gasteiger partial charge in [0.25, 0.3) is 0 Å². The van der Waals surface area contributed by atoms with Crippen LogP contribution in [0.5, 0.6) is 0 Å². The van der Waals surface area contributed by atoms with E-state index in [4.69, 9.17) is 0 Å². The quantitative estimate of drug-likeness (QED) is 0.809. The minimum atomic E-state index is -0.794. The lowest BCUT2D eigenvalue weighted by Crippen LogP contribution is -2.45. The molecule has 2 fully saturated rings. The maximum Gasteiger partial charge on any atom is 0.307 e. The summed E-state index contributed by atoms with van der Waals surface area (Å²) in [6.45, 7) is 0. The van der Waals surface area contributed by atoms with Gasteiger partial charge < -0.3 is 10.0 Å². The van der Waals surface area contributed by atoms with Crippen molar-refractivity contribution in [3.63, 3.8) is 0 Å². The van der Waals surface area contributed by atoms with Gasteiger partial charge in [-0.1, -0.05) is 38.5 Å². The number of hydrogen-bond donors (Lipinski definition) is 1. The molecular weight excluding hydrogens is 254 g/mol. The monoisotopic (exact) mass is 281 g/mol. The first-order valence-electron chi connectivity index (χ1n) is 8.10. The Bertz CT molecular complexity index is 348. The fraction of sp³-hybridized carbons (Fsp3) is 0.875. The molecule has 2 aliphatic carbocycles. The highest BCUT2D eigenvalue weighted by Crippen LogP contribution is 2.33. The summed E-state index contributed by atoms with van der Waals surface area (Å²) in [4.78, 5) is 25.9. The summed E-state index contributed by atoms with van der Waals surface area (Å²) in [6, 6.07) is 0.321. The van der Waals surface area contributed by atoms with Crippen LogP contribution in [0, 0.1) is 11.8 Å². The topological polar surface area (TPSA) is 57.6 Å². The predicted octanol–water partition coefficient (Wildman–Crippen LogP) is 3.06. The highest BCUT2D eigenvalue weighted by molar-refractivity contribution is 5.85. The molecule has 0 spiro atoms. The molecule has 0 aliphatic heterocycles. The molecular formula is C16H27NO3. The molecule has 2 rings (SSSR count). The molecule has 0 aromatic rings. The minimum Gasteiger partial charge on any atom is -0.481 e. The Morgan fingerprint density at radius 3 is 1.90 bits per heavy atom. The molecule has 0 heterocycles. The van der Waals surface area contributed by atoms with Crippen LogP contribution in [0.3, 0.4) is 0 Å². The van der Waals surface area contributed by atoms with Gasteiger partial charge in [-0.15, -0.1) is 0 Å². The molecule has 2 saturated carbocycles. The van der Waals surface area contributed by atoms with Gasteiger partial charge in [0.2, 0.25) is 5.91 Å². The van der Waals surface area contributed by atoms with Gasteiger partial charge in [0.15, 0.2) is 0 Å². The Labute approximate surface area is 121 Å². The van der Waals surface area contributed by atoms with Crippen LogP contribution in [-0.2, 0) is 9.59 Å². The van der Waals surface area contributed by atoms with Crippen LogP contribution in [0.15, 0.2) is 0 Å². The summed E-state index contributed by atoms with van der Waals surface area (Å²) in [6.07, 6.45) is 10.4. The van der Waals surface area contributed by atoms with E-state index in [-0.39, 0.29) is 11.8 Å². The SMILES string of the molecule is CN(C(=O)[C@@H]1CCCC[C@@H]1C(=O)O)C1CCCCCC1. The van der Waals surface area contributed by atoms with Crippen molar-refractivity contribution in [3.8, 4) is 0 Å². The number of nitrogens with zero attached hydrogens (tertiary/aromatic N) is 1. The maximum absolute atomic E-state index is 12.7. The molecule has 0 aromatic heterocycles. The number of carboxylic acid groups (broad SMARTS) is 1. The fourth-order valence-corrected chi connectivity index (χ4v) is 3.81. The van der Waals surface area contributed by atoms with E-state index in [1.54, 1.807) is 0 Å². The minimum absolute atomic E-state index is 0.0731. The molecule has 2 aliphatic rings. The maximum atomic E-state index is 12.7. The number of carbonyl (C=O) groups excluding carboxylic acids is 1. The molecule has 4 nitrogen and oxygen atoms in total.